The van der Waals surface area contributed by atoms with Crippen LogP contribution in [0.15, 0.2) is 52.5 Å². The number of rotatable bonds is 7. The van der Waals surface area contributed by atoms with E-state index in [1.165, 1.54) is 37.4 Å². The number of amides is 1. The molecule has 1 amide bonds. The van der Waals surface area contributed by atoms with Gasteiger partial charge in [-0.25, -0.2) is 0 Å². The Morgan fingerprint density at radius 3 is 2.29 bits per heavy atom. The Labute approximate surface area is 201 Å². The molecular formula is C21H12Cl2N4O7. The maximum Gasteiger partial charge on any atom is 0.273 e. The minimum absolute atomic E-state index is 0.101. The van der Waals surface area contributed by atoms with Crippen LogP contribution in [-0.4, -0.2) is 22.9 Å². The van der Waals surface area contributed by atoms with Gasteiger partial charge in [-0.15, -0.1) is 0 Å². The van der Waals surface area contributed by atoms with E-state index in [-0.39, 0.29) is 50.0 Å². The lowest BCUT2D eigenvalue weighted by Gasteiger charge is -2.08. The SMILES string of the molecule is COc1cc([N+](=O)[O-])ccc1-c1ccc(/C=C(\C#N)C(=O)Nc2c(Cl)cc([N+](=O)[O-])cc2Cl)o1. The smallest absolute Gasteiger partial charge is 0.273 e. The van der Waals surface area contributed by atoms with Crippen molar-refractivity contribution >= 4 is 52.2 Å². The Hall–Kier alpha value is -4.40. The molecule has 34 heavy (non-hydrogen) atoms. The maximum absolute atomic E-state index is 12.6. The number of ether oxygens (including phenoxy) is 1. The van der Waals surface area contributed by atoms with Crippen LogP contribution in [0.4, 0.5) is 17.1 Å². The van der Waals surface area contributed by atoms with Crippen molar-refractivity contribution in [3.8, 4) is 23.1 Å². The standard InChI is InChI=1S/C21H12Cl2N4O7/c1-33-19-9-12(26(29)30)2-4-15(19)18-5-3-14(34-18)6-11(10-24)21(28)25-20-16(22)7-13(27(31)32)8-17(20)23/h2-9H,1H3,(H,25,28)/b11-6+. The zero-order valence-corrected chi connectivity index (χ0v) is 18.6. The van der Waals surface area contributed by atoms with E-state index < -0.39 is 15.8 Å². The van der Waals surface area contributed by atoms with Gasteiger partial charge in [-0.2, -0.15) is 5.26 Å². The fraction of sp³-hybridized carbons (Fsp3) is 0.0476. The summed E-state index contributed by atoms with van der Waals surface area (Å²) in [7, 11) is 1.35. The van der Waals surface area contributed by atoms with E-state index in [0.29, 0.717) is 5.56 Å². The van der Waals surface area contributed by atoms with Crippen LogP contribution < -0.4 is 10.1 Å². The van der Waals surface area contributed by atoms with Crippen molar-refractivity contribution < 1.29 is 23.8 Å². The van der Waals surface area contributed by atoms with Gasteiger partial charge in [0.2, 0.25) is 0 Å². The Morgan fingerprint density at radius 1 is 1.09 bits per heavy atom. The van der Waals surface area contributed by atoms with Crippen LogP contribution >= 0.6 is 23.2 Å². The summed E-state index contributed by atoms with van der Waals surface area (Å²) in [5.41, 5.74) is -0.592. The second-order valence-electron chi connectivity index (χ2n) is 6.51. The molecule has 1 heterocycles. The predicted octanol–water partition coefficient (Wildman–Crippen LogP) is 5.62. The minimum atomic E-state index is -0.883. The lowest BCUT2D eigenvalue weighted by molar-refractivity contribution is -0.385. The van der Waals surface area contributed by atoms with E-state index in [2.05, 4.69) is 5.32 Å². The van der Waals surface area contributed by atoms with Gasteiger partial charge in [0.05, 0.1) is 44.3 Å². The Balaban J connectivity index is 1.88. The molecule has 0 spiro atoms. The van der Waals surface area contributed by atoms with Crippen LogP contribution in [0, 0.1) is 31.6 Å². The van der Waals surface area contributed by atoms with E-state index in [1.54, 1.807) is 6.07 Å². The summed E-state index contributed by atoms with van der Waals surface area (Å²) >= 11 is 12.0. The molecule has 0 unspecified atom stereocenters. The van der Waals surface area contributed by atoms with Crippen LogP contribution in [0.25, 0.3) is 17.4 Å². The van der Waals surface area contributed by atoms with E-state index in [4.69, 9.17) is 32.4 Å². The molecule has 0 aliphatic rings. The zero-order chi connectivity index (χ0) is 25.0. The van der Waals surface area contributed by atoms with E-state index in [9.17, 15) is 30.3 Å². The molecule has 11 nitrogen and oxygen atoms in total. The van der Waals surface area contributed by atoms with Gasteiger partial charge in [-0.3, -0.25) is 25.0 Å². The quantitative estimate of drug-likeness (QED) is 0.188. The van der Waals surface area contributed by atoms with Crippen molar-refractivity contribution in [1.29, 1.82) is 5.26 Å². The first-order valence-electron chi connectivity index (χ1n) is 9.13. The number of carbonyl (C=O) groups excluding carboxylic acids is 1. The summed E-state index contributed by atoms with van der Waals surface area (Å²) in [6, 6.07) is 10.7. The number of nitriles is 1. The topological polar surface area (TPSA) is 162 Å². The van der Waals surface area contributed by atoms with Crippen molar-refractivity contribution in [3.05, 3.63) is 84.1 Å². The Kier molecular flexibility index (Phi) is 7.15. The number of non-ortho nitro benzene ring substituents is 2. The molecule has 1 aromatic heterocycles. The summed E-state index contributed by atoms with van der Waals surface area (Å²) in [5, 5.41) is 33.2. The molecule has 0 saturated heterocycles. The highest BCUT2D eigenvalue weighted by Crippen LogP contribution is 2.36. The molecule has 0 fully saturated rings. The van der Waals surface area contributed by atoms with Crippen LogP contribution in [0.5, 0.6) is 5.75 Å². The molecule has 3 aromatic rings. The summed E-state index contributed by atoms with van der Waals surface area (Å²) in [6.45, 7) is 0. The molecular weight excluding hydrogens is 491 g/mol. The largest absolute Gasteiger partial charge is 0.496 e. The fourth-order valence-corrected chi connectivity index (χ4v) is 3.40. The highest BCUT2D eigenvalue weighted by molar-refractivity contribution is 6.40. The highest BCUT2D eigenvalue weighted by atomic mass is 35.5. The van der Waals surface area contributed by atoms with Crippen molar-refractivity contribution in [3.63, 3.8) is 0 Å². The second kappa shape index (κ2) is 10.0. The number of nitrogens with zero attached hydrogens (tertiary/aromatic N) is 3. The van der Waals surface area contributed by atoms with Crippen LogP contribution in [0.3, 0.4) is 0 Å². The molecule has 2 aromatic carbocycles. The van der Waals surface area contributed by atoms with Crippen LogP contribution in [0.2, 0.25) is 10.0 Å². The van der Waals surface area contributed by atoms with Gasteiger partial charge in [0.15, 0.2) is 0 Å². The number of nitrogens with one attached hydrogen (secondary N) is 1. The molecule has 13 heteroatoms. The Morgan fingerprint density at radius 2 is 1.74 bits per heavy atom. The molecule has 172 valence electrons. The first-order valence-corrected chi connectivity index (χ1v) is 9.89. The molecule has 0 saturated carbocycles. The number of carbonyl (C=O) groups is 1. The predicted molar refractivity (Wildman–Crippen MR) is 123 cm³/mol. The highest BCUT2D eigenvalue weighted by Gasteiger charge is 2.19. The average molecular weight is 503 g/mol. The number of nitro benzene ring substituents is 2. The molecule has 0 bridgehead atoms. The van der Waals surface area contributed by atoms with Crippen LogP contribution in [0.1, 0.15) is 5.76 Å². The number of furan rings is 1. The first kappa shape index (κ1) is 24.2. The third-order valence-electron chi connectivity index (χ3n) is 4.42. The molecule has 0 aliphatic carbocycles. The van der Waals surface area contributed by atoms with Gasteiger partial charge in [-0.05, 0) is 18.2 Å². The number of benzene rings is 2. The number of hydrogen-bond donors (Lipinski definition) is 1. The molecule has 1 N–H and O–H groups in total. The van der Waals surface area contributed by atoms with Crippen molar-refractivity contribution in [2.75, 3.05) is 12.4 Å². The number of nitro groups is 2. The van der Waals surface area contributed by atoms with Crippen molar-refractivity contribution in [2.45, 2.75) is 0 Å². The normalized spacial score (nSPS) is 10.9. The number of methoxy groups -OCH3 is 1. The second-order valence-corrected chi connectivity index (χ2v) is 7.32. The summed E-state index contributed by atoms with van der Waals surface area (Å²) in [5.74, 6) is -0.286. The first-order chi connectivity index (χ1) is 16.1. The zero-order valence-electron chi connectivity index (χ0n) is 17.1. The molecule has 3 rings (SSSR count). The Bertz CT molecular complexity index is 1370. The van der Waals surface area contributed by atoms with Crippen LogP contribution in [-0.2, 0) is 4.79 Å². The van der Waals surface area contributed by atoms with Gasteiger partial charge in [-0.1, -0.05) is 23.2 Å². The van der Waals surface area contributed by atoms with E-state index in [0.717, 1.165) is 18.2 Å². The van der Waals surface area contributed by atoms with Crippen molar-refractivity contribution in [2.24, 2.45) is 0 Å². The fourth-order valence-electron chi connectivity index (χ4n) is 2.83. The summed E-state index contributed by atoms with van der Waals surface area (Å²) in [6.07, 6.45) is 1.16. The van der Waals surface area contributed by atoms with Gasteiger partial charge >= 0.3 is 0 Å². The number of halogens is 2. The van der Waals surface area contributed by atoms with Gasteiger partial charge in [0.1, 0.15) is 28.9 Å². The summed E-state index contributed by atoms with van der Waals surface area (Å²) in [4.78, 5) is 33.2. The monoisotopic (exact) mass is 502 g/mol. The van der Waals surface area contributed by atoms with Gasteiger partial charge in [0.25, 0.3) is 17.3 Å². The molecule has 0 aliphatic heterocycles. The van der Waals surface area contributed by atoms with Gasteiger partial charge < -0.3 is 14.5 Å². The third kappa shape index (κ3) is 5.15. The molecule has 0 atom stereocenters. The number of anilines is 1. The minimum Gasteiger partial charge on any atom is -0.496 e. The maximum atomic E-state index is 12.6. The number of hydrogen-bond acceptors (Lipinski definition) is 8. The molecule has 0 radical (unpaired) electrons. The lowest BCUT2D eigenvalue weighted by Crippen LogP contribution is -2.14. The van der Waals surface area contributed by atoms with Gasteiger partial charge in [0, 0.05) is 24.3 Å². The third-order valence-corrected chi connectivity index (χ3v) is 5.01. The van der Waals surface area contributed by atoms with Crippen molar-refractivity contribution in [1.82, 2.24) is 0 Å². The average Bonchev–Trinajstić information content (AvgIpc) is 3.27. The summed E-state index contributed by atoms with van der Waals surface area (Å²) < 4.78 is 10.8. The van der Waals surface area contributed by atoms with E-state index >= 15 is 0 Å². The lowest BCUT2D eigenvalue weighted by atomic mass is 10.1. The van der Waals surface area contributed by atoms with E-state index in [1.807, 2.05) is 0 Å².